The lowest BCUT2D eigenvalue weighted by Gasteiger charge is -2.05. The van der Waals surface area contributed by atoms with Gasteiger partial charge in [-0.05, 0) is 24.3 Å². The van der Waals surface area contributed by atoms with Gasteiger partial charge in [0.25, 0.3) is 0 Å². The second-order valence-corrected chi connectivity index (χ2v) is 4.65. The van der Waals surface area contributed by atoms with Crippen LogP contribution in [0.1, 0.15) is 15.9 Å². The van der Waals surface area contributed by atoms with Crippen molar-refractivity contribution in [1.82, 2.24) is 0 Å². The third-order valence-corrected chi connectivity index (χ3v) is 2.82. The molecule has 0 unspecified atom stereocenters. The van der Waals surface area contributed by atoms with Gasteiger partial charge in [-0.1, -0.05) is 15.9 Å². The third-order valence-electron chi connectivity index (χ3n) is 2.36. The smallest absolute Gasteiger partial charge is 0.199 e. The Morgan fingerprint density at radius 3 is 1.79 bits per heavy atom. The highest BCUT2D eigenvalue weighted by molar-refractivity contribution is 9.10. The van der Waals surface area contributed by atoms with Crippen molar-refractivity contribution in [2.24, 2.45) is 0 Å². The predicted octanol–water partition coefficient (Wildman–Crippen LogP) is 4.24. The van der Waals surface area contributed by atoms with Crippen molar-refractivity contribution in [3.63, 3.8) is 0 Å². The van der Waals surface area contributed by atoms with Gasteiger partial charge >= 0.3 is 0 Å². The van der Waals surface area contributed by atoms with E-state index in [4.69, 9.17) is 0 Å². The van der Waals surface area contributed by atoms with Crippen molar-refractivity contribution in [3.8, 4) is 0 Å². The van der Waals surface area contributed by atoms with Gasteiger partial charge in [0.2, 0.25) is 0 Å². The molecule has 0 N–H and O–H groups in total. The lowest BCUT2D eigenvalue weighted by Crippen LogP contribution is -2.08. The molecular weight excluding hydrogens is 328 g/mol. The summed E-state index contributed by atoms with van der Waals surface area (Å²) in [5.41, 5.74) is -1.31. The minimum absolute atomic E-state index is 0.115. The minimum atomic E-state index is -1.12. The van der Waals surface area contributed by atoms with Gasteiger partial charge < -0.3 is 0 Å². The standard InChI is InChI=1S/C13H5BrF4O/c14-7-3-10(17)12(11(18)4-7)13(19)6-1-8(15)5-9(16)2-6/h1-5H. The molecule has 0 bridgehead atoms. The maximum Gasteiger partial charge on any atom is 0.199 e. The Morgan fingerprint density at radius 2 is 1.32 bits per heavy atom. The van der Waals surface area contributed by atoms with E-state index in [2.05, 4.69) is 15.9 Å². The number of hydrogen-bond donors (Lipinski definition) is 0. The quantitative estimate of drug-likeness (QED) is 0.594. The van der Waals surface area contributed by atoms with Gasteiger partial charge in [-0.3, -0.25) is 4.79 Å². The zero-order valence-electron chi connectivity index (χ0n) is 9.18. The number of benzene rings is 2. The van der Waals surface area contributed by atoms with Gasteiger partial charge in [-0.25, -0.2) is 17.6 Å². The highest BCUT2D eigenvalue weighted by atomic mass is 79.9. The largest absolute Gasteiger partial charge is 0.288 e. The zero-order valence-corrected chi connectivity index (χ0v) is 10.8. The summed E-state index contributed by atoms with van der Waals surface area (Å²) in [6.45, 7) is 0. The molecule has 0 fully saturated rings. The normalized spacial score (nSPS) is 10.6. The number of hydrogen-bond acceptors (Lipinski definition) is 1. The van der Waals surface area contributed by atoms with Crippen LogP contribution in [0.15, 0.2) is 34.8 Å². The molecule has 0 aliphatic heterocycles. The molecule has 6 heteroatoms. The average molecular weight is 333 g/mol. The Morgan fingerprint density at radius 1 is 0.842 bits per heavy atom. The molecule has 0 spiro atoms. The summed E-state index contributed by atoms with van der Waals surface area (Å²) < 4.78 is 53.2. The first-order chi connectivity index (χ1) is 8.88. The van der Waals surface area contributed by atoms with Crippen LogP contribution in [-0.2, 0) is 0 Å². The summed E-state index contributed by atoms with van der Waals surface area (Å²) in [6, 6.07) is 3.78. The zero-order chi connectivity index (χ0) is 14.2. The molecule has 98 valence electrons. The third kappa shape index (κ3) is 2.84. The Balaban J connectivity index is 2.56. The van der Waals surface area contributed by atoms with E-state index in [-0.39, 0.29) is 4.47 Å². The molecule has 1 nitrogen and oxygen atoms in total. The van der Waals surface area contributed by atoms with E-state index >= 15 is 0 Å². The maximum absolute atomic E-state index is 13.6. The van der Waals surface area contributed by atoms with Crippen molar-refractivity contribution < 1.29 is 22.4 Å². The Labute approximate surface area is 114 Å². The number of rotatable bonds is 2. The van der Waals surface area contributed by atoms with Crippen LogP contribution in [0.3, 0.4) is 0 Å². The molecule has 0 aliphatic rings. The molecule has 0 aromatic heterocycles. The lowest BCUT2D eigenvalue weighted by molar-refractivity contribution is 0.103. The molecule has 0 atom stereocenters. The summed E-state index contributed by atoms with van der Waals surface area (Å²) in [7, 11) is 0. The van der Waals surface area contributed by atoms with E-state index < -0.39 is 40.2 Å². The van der Waals surface area contributed by atoms with Crippen molar-refractivity contribution in [3.05, 3.63) is 69.2 Å². The van der Waals surface area contributed by atoms with E-state index in [0.717, 1.165) is 12.1 Å². The summed E-state index contributed by atoms with van der Waals surface area (Å²) in [6.07, 6.45) is 0. The van der Waals surface area contributed by atoms with Crippen molar-refractivity contribution in [1.29, 1.82) is 0 Å². The number of carbonyl (C=O) groups excluding carboxylic acids is 1. The minimum Gasteiger partial charge on any atom is -0.288 e. The van der Waals surface area contributed by atoms with E-state index in [1.54, 1.807) is 0 Å². The van der Waals surface area contributed by atoms with Crippen LogP contribution in [0.5, 0.6) is 0 Å². The molecule has 0 aliphatic carbocycles. The maximum atomic E-state index is 13.6. The first-order valence-electron chi connectivity index (χ1n) is 5.04. The Bertz CT molecular complexity index is 626. The van der Waals surface area contributed by atoms with Crippen LogP contribution >= 0.6 is 15.9 Å². The van der Waals surface area contributed by atoms with Gasteiger partial charge in [0, 0.05) is 16.1 Å². The van der Waals surface area contributed by atoms with Crippen molar-refractivity contribution in [2.45, 2.75) is 0 Å². The number of carbonyl (C=O) groups is 1. The topological polar surface area (TPSA) is 17.1 Å². The fraction of sp³-hybridized carbons (Fsp3) is 0. The predicted molar refractivity (Wildman–Crippen MR) is 63.8 cm³/mol. The van der Waals surface area contributed by atoms with Gasteiger partial charge in [0.05, 0.1) is 5.56 Å². The number of halogens is 5. The SMILES string of the molecule is O=C(c1cc(F)cc(F)c1)c1c(F)cc(Br)cc1F. The fourth-order valence-electron chi connectivity index (χ4n) is 1.59. The van der Waals surface area contributed by atoms with Crippen LogP contribution in [0.2, 0.25) is 0 Å². The molecule has 0 saturated carbocycles. The summed E-state index contributed by atoms with van der Waals surface area (Å²) >= 11 is 2.86. The van der Waals surface area contributed by atoms with Crippen LogP contribution in [0.25, 0.3) is 0 Å². The molecule has 0 heterocycles. The molecule has 2 aromatic carbocycles. The summed E-state index contributed by atoms with van der Waals surface area (Å²) in [5.74, 6) is -5.34. The van der Waals surface area contributed by atoms with Gasteiger partial charge in [0.1, 0.15) is 23.3 Å². The molecular formula is C13H5BrF4O. The average Bonchev–Trinajstić information content (AvgIpc) is 2.25. The highest BCUT2D eigenvalue weighted by Gasteiger charge is 2.21. The second kappa shape index (κ2) is 5.13. The summed E-state index contributed by atoms with van der Waals surface area (Å²) in [4.78, 5) is 11.9. The molecule has 2 aromatic rings. The van der Waals surface area contributed by atoms with Crippen LogP contribution in [-0.4, -0.2) is 5.78 Å². The molecule has 2 rings (SSSR count). The second-order valence-electron chi connectivity index (χ2n) is 3.73. The van der Waals surface area contributed by atoms with E-state index in [1.165, 1.54) is 0 Å². The molecule has 0 saturated heterocycles. The summed E-state index contributed by atoms with van der Waals surface area (Å²) in [5, 5.41) is 0. The van der Waals surface area contributed by atoms with Gasteiger partial charge in [0.15, 0.2) is 5.78 Å². The van der Waals surface area contributed by atoms with Gasteiger partial charge in [-0.15, -0.1) is 0 Å². The Kier molecular flexibility index (Phi) is 3.71. The first kappa shape index (κ1) is 13.7. The molecule has 0 amide bonds. The van der Waals surface area contributed by atoms with Crippen LogP contribution in [0, 0.1) is 23.3 Å². The van der Waals surface area contributed by atoms with E-state index in [1.807, 2.05) is 0 Å². The van der Waals surface area contributed by atoms with Crippen molar-refractivity contribution >= 4 is 21.7 Å². The monoisotopic (exact) mass is 332 g/mol. The van der Waals surface area contributed by atoms with Crippen molar-refractivity contribution in [2.75, 3.05) is 0 Å². The first-order valence-corrected chi connectivity index (χ1v) is 5.83. The molecule has 19 heavy (non-hydrogen) atoms. The van der Waals surface area contributed by atoms with Crippen LogP contribution in [0.4, 0.5) is 17.6 Å². The van der Waals surface area contributed by atoms with Crippen LogP contribution < -0.4 is 0 Å². The fourth-order valence-corrected chi connectivity index (χ4v) is 1.99. The highest BCUT2D eigenvalue weighted by Crippen LogP contribution is 2.22. The van der Waals surface area contributed by atoms with Gasteiger partial charge in [-0.2, -0.15) is 0 Å². The van der Waals surface area contributed by atoms with E-state index in [0.29, 0.717) is 18.2 Å². The molecule has 0 radical (unpaired) electrons. The number of ketones is 1. The lowest BCUT2D eigenvalue weighted by atomic mass is 10.0. The Hall–Kier alpha value is -1.69. The van der Waals surface area contributed by atoms with E-state index in [9.17, 15) is 22.4 Å².